The summed E-state index contributed by atoms with van der Waals surface area (Å²) in [7, 11) is 0. The fourth-order valence-electron chi connectivity index (χ4n) is 2.59. The van der Waals surface area contributed by atoms with E-state index in [0.29, 0.717) is 23.9 Å². The first-order valence-electron chi connectivity index (χ1n) is 8.88. The number of ether oxygens (including phenoxy) is 3. The minimum Gasteiger partial charge on any atom is -0.490 e. The Bertz CT molecular complexity index is 883. The van der Waals surface area contributed by atoms with E-state index in [9.17, 15) is 4.79 Å². The lowest BCUT2D eigenvalue weighted by molar-refractivity contribution is -0.136. The van der Waals surface area contributed by atoms with Crippen LogP contribution in [0.15, 0.2) is 72.8 Å². The van der Waals surface area contributed by atoms with Crippen LogP contribution >= 0.6 is 0 Å². The number of rotatable bonds is 7. The fraction of sp³-hybridized carbons (Fsp3) is 0.174. The van der Waals surface area contributed by atoms with Crippen molar-refractivity contribution in [2.24, 2.45) is 0 Å². The van der Waals surface area contributed by atoms with Crippen molar-refractivity contribution in [3.8, 4) is 28.4 Å². The summed E-state index contributed by atoms with van der Waals surface area (Å²) in [6.07, 6.45) is 0. The zero-order chi connectivity index (χ0) is 19.1. The monoisotopic (exact) mass is 362 g/mol. The molecule has 0 N–H and O–H groups in total. The number of benzene rings is 3. The Morgan fingerprint density at radius 1 is 0.778 bits per heavy atom. The SMILES string of the molecule is CCOc1ccccc1OC(=O)COc1ccc(-c2ccc(C)cc2)cc1. The molecule has 0 saturated carbocycles. The molecule has 0 aliphatic carbocycles. The van der Waals surface area contributed by atoms with Gasteiger partial charge in [-0.2, -0.15) is 0 Å². The smallest absolute Gasteiger partial charge is 0.349 e. The van der Waals surface area contributed by atoms with Crippen LogP contribution < -0.4 is 14.2 Å². The van der Waals surface area contributed by atoms with Gasteiger partial charge < -0.3 is 14.2 Å². The number of hydrogen-bond donors (Lipinski definition) is 0. The lowest BCUT2D eigenvalue weighted by Gasteiger charge is -2.11. The van der Waals surface area contributed by atoms with Gasteiger partial charge in [0.05, 0.1) is 6.61 Å². The van der Waals surface area contributed by atoms with Gasteiger partial charge in [-0.25, -0.2) is 4.79 Å². The molecule has 0 heterocycles. The van der Waals surface area contributed by atoms with Crippen LogP contribution in [0.3, 0.4) is 0 Å². The number of hydrogen-bond acceptors (Lipinski definition) is 4. The molecule has 3 rings (SSSR count). The fourth-order valence-corrected chi connectivity index (χ4v) is 2.59. The number of esters is 1. The lowest BCUT2D eigenvalue weighted by atomic mass is 10.0. The van der Waals surface area contributed by atoms with E-state index in [2.05, 4.69) is 31.2 Å². The lowest BCUT2D eigenvalue weighted by Crippen LogP contribution is -2.18. The van der Waals surface area contributed by atoms with Crippen molar-refractivity contribution < 1.29 is 19.0 Å². The van der Waals surface area contributed by atoms with Gasteiger partial charge in [-0.05, 0) is 49.2 Å². The van der Waals surface area contributed by atoms with Crippen LogP contribution in [-0.2, 0) is 4.79 Å². The minimum atomic E-state index is -0.482. The maximum atomic E-state index is 12.1. The third-order valence-corrected chi connectivity index (χ3v) is 3.97. The van der Waals surface area contributed by atoms with Crippen molar-refractivity contribution in [1.29, 1.82) is 0 Å². The molecular formula is C23H22O4. The van der Waals surface area contributed by atoms with E-state index in [1.54, 1.807) is 18.2 Å². The molecule has 0 bridgehead atoms. The molecule has 0 aromatic heterocycles. The van der Waals surface area contributed by atoms with Gasteiger partial charge in [0.2, 0.25) is 0 Å². The molecule has 4 nitrogen and oxygen atoms in total. The van der Waals surface area contributed by atoms with Gasteiger partial charge in [0.25, 0.3) is 0 Å². The number of aryl methyl sites for hydroxylation is 1. The van der Waals surface area contributed by atoms with E-state index in [1.165, 1.54) is 5.56 Å². The van der Waals surface area contributed by atoms with Crippen LogP contribution in [0.25, 0.3) is 11.1 Å². The Hall–Kier alpha value is -3.27. The van der Waals surface area contributed by atoms with Crippen molar-refractivity contribution in [2.75, 3.05) is 13.2 Å². The molecule has 0 fully saturated rings. The van der Waals surface area contributed by atoms with E-state index in [-0.39, 0.29) is 6.61 Å². The summed E-state index contributed by atoms with van der Waals surface area (Å²) in [5.74, 6) is 1.06. The summed E-state index contributed by atoms with van der Waals surface area (Å²) < 4.78 is 16.3. The van der Waals surface area contributed by atoms with Crippen LogP contribution in [0.2, 0.25) is 0 Å². The number of para-hydroxylation sites is 2. The van der Waals surface area contributed by atoms with Crippen LogP contribution in [0.4, 0.5) is 0 Å². The van der Waals surface area contributed by atoms with E-state index in [1.807, 2.05) is 37.3 Å². The topological polar surface area (TPSA) is 44.8 Å². The van der Waals surface area contributed by atoms with Gasteiger partial charge >= 0.3 is 5.97 Å². The second kappa shape index (κ2) is 8.90. The average Bonchev–Trinajstić information content (AvgIpc) is 2.69. The highest BCUT2D eigenvalue weighted by atomic mass is 16.6. The first kappa shape index (κ1) is 18.5. The molecule has 0 aliphatic heterocycles. The Kier molecular flexibility index (Phi) is 6.10. The van der Waals surface area contributed by atoms with E-state index >= 15 is 0 Å². The molecular weight excluding hydrogens is 340 g/mol. The zero-order valence-corrected chi connectivity index (χ0v) is 15.5. The summed E-state index contributed by atoms with van der Waals surface area (Å²) >= 11 is 0. The highest BCUT2D eigenvalue weighted by Crippen LogP contribution is 2.27. The first-order chi connectivity index (χ1) is 13.2. The Morgan fingerprint density at radius 2 is 1.37 bits per heavy atom. The first-order valence-corrected chi connectivity index (χ1v) is 8.88. The summed E-state index contributed by atoms with van der Waals surface area (Å²) in [6.45, 7) is 4.26. The third kappa shape index (κ3) is 5.11. The molecule has 138 valence electrons. The summed E-state index contributed by atoms with van der Waals surface area (Å²) in [5.41, 5.74) is 3.46. The molecule has 27 heavy (non-hydrogen) atoms. The van der Waals surface area contributed by atoms with Crippen molar-refractivity contribution >= 4 is 5.97 Å². The Morgan fingerprint density at radius 3 is 2.00 bits per heavy atom. The predicted molar refractivity (Wildman–Crippen MR) is 105 cm³/mol. The van der Waals surface area contributed by atoms with Crippen molar-refractivity contribution in [2.45, 2.75) is 13.8 Å². The molecule has 0 unspecified atom stereocenters. The summed E-state index contributed by atoms with van der Waals surface area (Å²) in [6, 6.07) is 23.0. The molecule has 0 radical (unpaired) electrons. The molecule has 0 spiro atoms. The van der Waals surface area contributed by atoms with Crippen molar-refractivity contribution in [3.05, 3.63) is 78.4 Å². The second-order valence-corrected chi connectivity index (χ2v) is 6.03. The minimum absolute atomic E-state index is 0.176. The van der Waals surface area contributed by atoms with Gasteiger partial charge in [-0.15, -0.1) is 0 Å². The highest BCUT2D eigenvalue weighted by Gasteiger charge is 2.10. The van der Waals surface area contributed by atoms with Crippen LogP contribution in [0, 0.1) is 6.92 Å². The normalized spacial score (nSPS) is 10.3. The molecule has 4 heteroatoms. The van der Waals surface area contributed by atoms with Gasteiger partial charge in [0.1, 0.15) is 5.75 Å². The number of carbonyl (C=O) groups is 1. The maximum Gasteiger partial charge on any atom is 0.349 e. The van der Waals surface area contributed by atoms with Gasteiger partial charge in [-0.1, -0.05) is 54.1 Å². The van der Waals surface area contributed by atoms with Gasteiger partial charge in [-0.3, -0.25) is 0 Å². The summed E-state index contributed by atoms with van der Waals surface area (Å²) in [5, 5.41) is 0. The third-order valence-electron chi connectivity index (χ3n) is 3.97. The van der Waals surface area contributed by atoms with E-state index in [0.717, 1.165) is 11.1 Å². The Labute approximate surface area is 159 Å². The number of carbonyl (C=O) groups excluding carboxylic acids is 1. The van der Waals surface area contributed by atoms with Crippen molar-refractivity contribution in [1.82, 2.24) is 0 Å². The molecule has 0 amide bonds. The van der Waals surface area contributed by atoms with Crippen LogP contribution in [0.1, 0.15) is 12.5 Å². The quantitative estimate of drug-likeness (QED) is 0.436. The average molecular weight is 362 g/mol. The van der Waals surface area contributed by atoms with E-state index in [4.69, 9.17) is 14.2 Å². The Balaban J connectivity index is 1.57. The van der Waals surface area contributed by atoms with Crippen LogP contribution in [-0.4, -0.2) is 19.2 Å². The molecule has 3 aromatic carbocycles. The standard InChI is InChI=1S/C23H22O4/c1-3-25-21-6-4-5-7-22(21)27-23(24)16-26-20-14-12-19(13-15-20)18-10-8-17(2)9-11-18/h4-15H,3,16H2,1-2H3. The second-order valence-electron chi connectivity index (χ2n) is 6.03. The van der Waals surface area contributed by atoms with Crippen LogP contribution in [0.5, 0.6) is 17.2 Å². The predicted octanol–water partition coefficient (Wildman–Crippen LogP) is 5.05. The van der Waals surface area contributed by atoms with E-state index < -0.39 is 5.97 Å². The van der Waals surface area contributed by atoms with Crippen molar-refractivity contribution in [3.63, 3.8) is 0 Å². The maximum absolute atomic E-state index is 12.1. The molecule has 0 aliphatic rings. The molecule has 0 atom stereocenters. The molecule has 0 saturated heterocycles. The zero-order valence-electron chi connectivity index (χ0n) is 15.5. The van der Waals surface area contributed by atoms with Gasteiger partial charge in [0, 0.05) is 0 Å². The summed E-state index contributed by atoms with van der Waals surface area (Å²) in [4.78, 5) is 12.1. The van der Waals surface area contributed by atoms with Gasteiger partial charge in [0.15, 0.2) is 18.1 Å². The largest absolute Gasteiger partial charge is 0.490 e. The highest BCUT2D eigenvalue weighted by molar-refractivity contribution is 5.75. The molecule has 3 aromatic rings.